The first-order valence-electron chi connectivity index (χ1n) is 17.4. The normalized spacial score (nSPS) is 43.2. The van der Waals surface area contributed by atoms with Crippen molar-refractivity contribution in [3.63, 3.8) is 0 Å². The zero-order chi connectivity index (χ0) is 29.9. The summed E-state index contributed by atoms with van der Waals surface area (Å²) in [4.78, 5) is 13.0. The van der Waals surface area contributed by atoms with E-state index in [0.717, 1.165) is 70.5 Å². The molecule has 5 heteroatoms. The number of aromatic nitrogens is 2. The summed E-state index contributed by atoms with van der Waals surface area (Å²) in [6.45, 7) is 20.6. The number of allylic oxidation sites excluding steroid dienone is 2. The average Bonchev–Trinajstić information content (AvgIpc) is 3.64. The van der Waals surface area contributed by atoms with Crippen molar-refractivity contribution in [2.75, 3.05) is 13.1 Å². The van der Waals surface area contributed by atoms with Crippen molar-refractivity contribution in [3.05, 3.63) is 29.1 Å². The van der Waals surface area contributed by atoms with Gasteiger partial charge < -0.3 is 10.4 Å². The largest absolute Gasteiger partial charge is 0.481 e. The summed E-state index contributed by atoms with van der Waals surface area (Å²) in [5, 5.41) is 19.6. The minimum atomic E-state index is -0.561. The molecule has 0 radical (unpaired) electrons. The van der Waals surface area contributed by atoms with E-state index in [4.69, 9.17) is 5.10 Å². The van der Waals surface area contributed by atoms with Gasteiger partial charge >= 0.3 is 5.97 Å². The summed E-state index contributed by atoms with van der Waals surface area (Å²) in [6, 6.07) is 0. The van der Waals surface area contributed by atoms with Gasteiger partial charge in [-0.15, -0.1) is 0 Å². The predicted octanol–water partition coefficient (Wildman–Crippen LogP) is 7.78. The summed E-state index contributed by atoms with van der Waals surface area (Å²) < 4.78 is 2.24. The quantitative estimate of drug-likeness (QED) is 0.268. The number of carboxylic acids is 1. The van der Waals surface area contributed by atoms with Crippen molar-refractivity contribution in [3.8, 4) is 0 Å². The fourth-order valence-corrected chi connectivity index (χ4v) is 12.1. The lowest BCUT2D eigenvalue weighted by Crippen LogP contribution is -2.64. The Balaban J connectivity index is 1.22. The molecule has 1 aromatic heterocycles. The molecule has 0 aromatic carbocycles. The summed E-state index contributed by atoms with van der Waals surface area (Å²) in [5.41, 5.74) is 4.53. The van der Waals surface area contributed by atoms with Crippen LogP contribution < -0.4 is 5.32 Å². The molecule has 0 aliphatic heterocycles. The van der Waals surface area contributed by atoms with Gasteiger partial charge in [-0.1, -0.05) is 60.1 Å². The molecule has 1 aromatic rings. The van der Waals surface area contributed by atoms with Crippen molar-refractivity contribution in [2.24, 2.45) is 50.7 Å². The van der Waals surface area contributed by atoms with E-state index >= 15 is 0 Å². The highest BCUT2D eigenvalue weighted by Gasteiger charge is 2.69. The zero-order valence-electron chi connectivity index (χ0n) is 27.6. The molecule has 7 atom stereocenters. The molecule has 1 heterocycles. The summed E-state index contributed by atoms with van der Waals surface area (Å²) in [5.74, 6) is 1.77. The lowest BCUT2D eigenvalue weighted by Gasteiger charge is -2.70. The summed E-state index contributed by atoms with van der Waals surface area (Å²) in [6.07, 6.45) is 17.3. The molecular formula is C37H57N3O2. The highest BCUT2D eigenvalue weighted by molar-refractivity contribution is 5.76. The highest BCUT2D eigenvalue weighted by Crippen LogP contribution is 2.75. The summed E-state index contributed by atoms with van der Waals surface area (Å²) in [7, 11) is 0. The molecular weight excluding hydrogens is 518 g/mol. The lowest BCUT2D eigenvalue weighted by atomic mass is 9.33. The third-order valence-corrected chi connectivity index (χ3v) is 14.9. The van der Waals surface area contributed by atoms with E-state index in [1.54, 1.807) is 0 Å². The van der Waals surface area contributed by atoms with Crippen molar-refractivity contribution in [1.29, 1.82) is 0 Å². The Morgan fingerprint density at radius 3 is 2.45 bits per heavy atom. The molecule has 0 saturated heterocycles. The monoisotopic (exact) mass is 575 g/mol. The zero-order valence-corrected chi connectivity index (χ0v) is 27.6. The van der Waals surface area contributed by atoms with Gasteiger partial charge in [0.25, 0.3) is 0 Å². The number of fused-ring (bicyclic) bond motifs is 8. The van der Waals surface area contributed by atoms with Gasteiger partial charge in [0.15, 0.2) is 0 Å². The van der Waals surface area contributed by atoms with E-state index in [-0.39, 0.29) is 33.0 Å². The molecule has 6 aliphatic rings. The van der Waals surface area contributed by atoms with Gasteiger partial charge in [-0.25, -0.2) is 0 Å². The Morgan fingerprint density at radius 1 is 1.00 bits per heavy atom. The molecule has 5 nitrogen and oxygen atoms in total. The van der Waals surface area contributed by atoms with Crippen LogP contribution in [0.4, 0.5) is 0 Å². The maximum atomic E-state index is 13.0. The minimum absolute atomic E-state index is 0.0552. The Labute approximate surface area is 254 Å². The number of hydrogen-bond donors (Lipinski definition) is 2. The molecule has 0 unspecified atom stereocenters. The van der Waals surface area contributed by atoms with Crippen molar-refractivity contribution < 1.29 is 9.90 Å². The van der Waals surface area contributed by atoms with Crippen LogP contribution in [0.1, 0.15) is 124 Å². The van der Waals surface area contributed by atoms with Gasteiger partial charge in [0, 0.05) is 18.2 Å². The van der Waals surface area contributed by atoms with Crippen LogP contribution in [-0.2, 0) is 23.2 Å². The second-order valence-corrected chi connectivity index (χ2v) is 18.0. The van der Waals surface area contributed by atoms with E-state index in [1.807, 2.05) is 0 Å². The number of carbonyl (C=O) groups is 1. The molecule has 4 fully saturated rings. The third-order valence-electron chi connectivity index (χ3n) is 14.9. The number of aliphatic carboxylic acids is 1. The smallest absolute Gasteiger partial charge is 0.310 e. The molecule has 232 valence electrons. The van der Waals surface area contributed by atoms with Crippen LogP contribution in [0.15, 0.2) is 17.8 Å². The third kappa shape index (κ3) is 3.96. The fraction of sp³-hybridized carbons (Fsp3) is 0.838. The van der Waals surface area contributed by atoms with E-state index in [9.17, 15) is 9.90 Å². The van der Waals surface area contributed by atoms with E-state index in [1.165, 1.54) is 42.5 Å². The maximum Gasteiger partial charge on any atom is 0.310 e. The van der Waals surface area contributed by atoms with Crippen LogP contribution in [0.2, 0.25) is 0 Å². The van der Waals surface area contributed by atoms with Crippen molar-refractivity contribution in [1.82, 2.24) is 15.1 Å². The highest BCUT2D eigenvalue weighted by atomic mass is 16.4. The van der Waals surface area contributed by atoms with Crippen LogP contribution in [0.5, 0.6) is 0 Å². The Kier molecular flexibility index (Phi) is 6.38. The second kappa shape index (κ2) is 9.21. The van der Waals surface area contributed by atoms with Gasteiger partial charge in [-0.05, 0) is 128 Å². The topological polar surface area (TPSA) is 67.2 Å². The molecule has 42 heavy (non-hydrogen) atoms. The molecule has 2 N–H and O–H groups in total. The maximum absolute atomic E-state index is 13.0. The van der Waals surface area contributed by atoms with Crippen molar-refractivity contribution >= 4 is 5.97 Å². The van der Waals surface area contributed by atoms with Crippen LogP contribution in [0.25, 0.3) is 0 Å². The second-order valence-electron chi connectivity index (χ2n) is 18.0. The van der Waals surface area contributed by atoms with Gasteiger partial charge in [-0.3, -0.25) is 9.48 Å². The first kappa shape index (κ1) is 29.1. The molecule has 7 rings (SSSR count). The van der Waals surface area contributed by atoms with Gasteiger partial charge in [0.2, 0.25) is 0 Å². The van der Waals surface area contributed by atoms with Crippen LogP contribution >= 0.6 is 0 Å². The van der Waals surface area contributed by atoms with Crippen molar-refractivity contribution in [2.45, 2.75) is 131 Å². The van der Waals surface area contributed by atoms with Gasteiger partial charge in [0.1, 0.15) is 0 Å². The van der Waals surface area contributed by atoms with Gasteiger partial charge in [0.05, 0.1) is 17.7 Å². The first-order valence-corrected chi connectivity index (χ1v) is 17.4. The average molecular weight is 576 g/mol. The molecule has 6 aliphatic carbocycles. The number of carboxylic acid groups (broad SMARTS) is 1. The van der Waals surface area contributed by atoms with Crippen LogP contribution in [-0.4, -0.2) is 33.9 Å². The Bertz CT molecular complexity index is 1300. The van der Waals surface area contributed by atoms with Crippen LogP contribution in [0, 0.1) is 50.7 Å². The molecule has 0 bridgehead atoms. The molecule has 0 spiro atoms. The van der Waals surface area contributed by atoms with E-state index < -0.39 is 11.4 Å². The molecule has 0 amide bonds. The standard InChI is InChI=1S/C37H57N3O2/c1-32(2)14-16-37(31(41)42)17-15-35(6)26(27(37)21-32)10-11-29-34(5)20-25-23-40(19-18-38-22-24-8-9-24)39-30(25)33(3,4)28(34)12-13-36(29,35)7/h10,23-24,27-29,38H,8-9,11-22H2,1-7H3,(H,41,42)/t27-,28-,29+,34-,35+,36+,37-/m0/s1. The minimum Gasteiger partial charge on any atom is -0.481 e. The van der Waals surface area contributed by atoms with Gasteiger partial charge in [-0.2, -0.15) is 5.10 Å². The van der Waals surface area contributed by atoms with E-state index in [2.05, 4.69) is 70.7 Å². The lowest BCUT2D eigenvalue weighted by molar-refractivity contribution is -0.177. The SMILES string of the molecule is CC1(C)CC[C@]2(C(=O)O)CC[C@]3(C)C(=CC[C@@H]4[C@@]5(C)Cc6cn(CCNCC7CC7)nc6C(C)(C)[C@@H]5CC[C@]43C)[C@@H]2C1. The number of rotatable bonds is 6. The predicted molar refractivity (Wildman–Crippen MR) is 168 cm³/mol. The van der Waals surface area contributed by atoms with E-state index in [0.29, 0.717) is 11.8 Å². The number of hydrogen-bond acceptors (Lipinski definition) is 3. The van der Waals surface area contributed by atoms with Crippen LogP contribution in [0.3, 0.4) is 0 Å². The first-order chi connectivity index (χ1) is 19.7. The fourth-order valence-electron chi connectivity index (χ4n) is 12.1. The number of nitrogens with zero attached hydrogens (tertiary/aromatic N) is 2. The Morgan fingerprint density at radius 2 is 1.74 bits per heavy atom. The summed E-state index contributed by atoms with van der Waals surface area (Å²) >= 11 is 0. The Hall–Kier alpha value is -1.62. The number of nitrogens with one attached hydrogen (secondary N) is 1. The molecule has 4 saturated carbocycles.